The van der Waals surface area contributed by atoms with Crippen LogP contribution in [0.5, 0.6) is 0 Å². The summed E-state index contributed by atoms with van der Waals surface area (Å²) in [5, 5.41) is 9.52. The molecule has 0 aliphatic heterocycles. The second-order valence-electron chi connectivity index (χ2n) is 4.28. The van der Waals surface area contributed by atoms with Crippen LogP contribution in [0.2, 0.25) is 0 Å². The summed E-state index contributed by atoms with van der Waals surface area (Å²) in [6.07, 6.45) is 0.846. The Bertz CT molecular complexity index is 115. The summed E-state index contributed by atoms with van der Waals surface area (Å²) in [6, 6.07) is 0.581. The molecule has 0 aliphatic carbocycles. The summed E-state index contributed by atoms with van der Waals surface area (Å²) in [7, 11) is 0. The number of rotatable bonds is 5. The minimum atomic E-state index is -0.525. The zero-order valence-corrected chi connectivity index (χ0v) is 9.09. The van der Waals surface area contributed by atoms with E-state index in [-0.39, 0.29) is 0 Å². The maximum Gasteiger partial charge on any atom is 0.0603 e. The molecule has 0 amide bonds. The number of nitrogens with zero attached hydrogens (tertiary/aromatic N) is 1. The van der Waals surface area contributed by atoms with Crippen molar-refractivity contribution in [1.29, 1.82) is 0 Å². The van der Waals surface area contributed by atoms with E-state index < -0.39 is 5.60 Å². The van der Waals surface area contributed by atoms with Gasteiger partial charge >= 0.3 is 0 Å². The van der Waals surface area contributed by atoms with E-state index in [2.05, 4.69) is 25.7 Å². The third-order valence-corrected chi connectivity index (χ3v) is 2.15. The monoisotopic (exact) mass is 173 g/mol. The minimum absolute atomic E-state index is 0.525. The highest BCUT2D eigenvalue weighted by Crippen LogP contribution is 2.09. The van der Waals surface area contributed by atoms with Crippen LogP contribution < -0.4 is 0 Å². The highest BCUT2D eigenvalue weighted by Gasteiger charge is 2.15. The van der Waals surface area contributed by atoms with Crippen molar-refractivity contribution >= 4 is 0 Å². The Morgan fingerprint density at radius 2 is 1.83 bits per heavy atom. The molecule has 74 valence electrons. The summed E-state index contributed by atoms with van der Waals surface area (Å²) in [5.41, 5.74) is -0.525. The van der Waals surface area contributed by atoms with Crippen LogP contribution in [0.3, 0.4) is 0 Å². The molecular formula is C10H23NO. The molecule has 0 bridgehead atoms. The Balaban J connectivity index is 3.73. The van der Waals surface area contributed by atoms with E-state index in [9.17, 15) is 5.11 Å². The van der Waals surface area contributed by atoms with Crippen LogP contribution >= 0.6 is 0 Å². The van der Waals surface area contributed by atoms with Crippen LogP contribution in [0.1, 0.15) is 41.0 Å². The van der Waals surface area contributed by atoms with E-state index in [4.69, 9.17) is 0 Å². The van der Waals surface area contributed by atoms with Crippen LogP contribution in [0.15, 0.2) is 0 Å². The van der Waals surface area contributed by atoms with Gasteiger partial charge in [0.1, 0.15) is 0 Å². The SMILES string of the molecule is CCN(CCC(C)(C)O)C(C)C. The summed E-state index contributed by atoms with van der Waals surface area (Å²) < 4.78 is 0. The van der Waals surface area contributed by atoms with E-state index in [1.807, 2.05) is 13.8 Å². The van der Waals surface area contributed by atoms with Crippen molar-refractivity contribution in [2.45, 2.75) is 52.7 Å². The Morgan fingerprint density at radius 1 is 1.33 bits per heavy atom. The lowest BCUT2D eigenvalue weighted by Crippen LogP contribution is -2.35. The molecular weight excluding hydrogens is 150 g/mol. The van der Waals surface area contributed by atoms with Gasteiger partial charge in [-0.3, -0.25) is 0 Å². The normalized spacial score (nSPS) is 13.0. The molecule has 0 aromatic carbocycles. The van der Waals surface area contributed by atoms with E-state index in [1.54, 1.807) is 0 Å². The Labute approximate surface area is 76.6 Å². The topological polar surface area (TPSA) is 23.5 Å². The summed E-state index contributed by atoms with van der Waals surface area (Å²) in [4.78, 5) is 2.36. The van der Waals surface area contributed by atoms with Crippen molar-refractivity contribution < 1.29 is 5.11 Å². The molecule has 0 atom stereocenters. The third kappa shape index (κ3) is 5.56. The van der Waals surface area contributed by atoms with E-state index in [0.717, 1.165) is 19.5 Å². The van der Waals surface area contributed by atoms with Gasteiger partial charge in [-0.2, -0.15) is 0 Å². The van der Waals surface area contributed by atoms with Gasteiger partial charge in [0, 0.05) is 12.6 Å². The first kappa shape index (κ1) is 11.9. The lowest BCUT2D eigenvalue weighted by molar-refractivity contribution is 0.0542. The predicted molar refractivity (Wildman–Crippen MR) is 53.3 cm³/mol. The van der Waals surface area contributed by atoms with E-state index in [0.29, 0.717) is 6.04 Å². The molecule has 0 heterocycles. The molecule has 1 N–H and O–H groups in total. The van der Waals surface area contributed by atoms with Gasteiger partial charge in [-0.05, 0) is 40.7 Å². The first-order chi connectivity index (χ1) is 5.37. The zero-order chi connectivity index (χ0) is 9.78. The van der Waals surface area contributed by atoms with Crippen LogP contribution in [-0.2, 0) is 0 Å². The van der Waals surface area contributed by atoms with Crippen molar-refractivity contribution in [2.24, 2.45) is 0 Å². The average Bonchev–Trinajstić information content (AvgIpc) is 1.85. The molecule has 12 heavy (non-hydrogen) atoms. The van der Waals surface area contributed by atoms with Crippen molar-refractivity contribution in [3.63, 3.8) is 0 Å². The Hall–Kier alpha value is -0.0800. The molecule has 0 saturated heterocycles. The maximum atomic E-state index is 9.52. The first-order valence-electron chi connectivity index (χ1n) is 4.83. The molecule has 0 saturated carbocycles. The lowest BCUT2D eigenvalue weighted by atomic mass is 10.1. The number of aliphatic hydroxyl groups is 1. The largest absolute Gasteiger partial charge is 0.390 e. The Morgan fingerprint density at radius 3 is 2.08 bits per heavy atom. The molecule has 0 aromatic heterocycles. The third-order valence-electron chi connectivity index (χ3n) is 2.15. The van der Waals surface area contributed by atoms with Crippen LogP contribution in [-0.4, -0.2) is 34.7 Å². The zero-order valence-electron chi connectivity index (χ0n) is 9.09. The molecule has 0 unspecified atom stereocenters. The Kier molecular flexibility index (Phi) is 4.80. The van der Waals surface area contributed by atoms with Gasteiger partial charge in [-0.1, -0.05) is 6.92 Å². The fourth-order valence-corrected chi connectivity index (χ4v) is 1.20. The highest BCUT2D eigenvalue weighted by molar-refractivity contribution is 4.69. The number of hydrogen-bond donors (Lipinski definition) is 1. The van der Waals surface area contributed by atoms with Crippen molar-refractivity contribution in [3.8, 4) is 0 Å². The maximum absolute atomic E-state index is 9.52. The molecule has 2 heteroatoms. The van der Waals surface area contributed by atoms with Crippen LogP contribution in [0.25, 0.3) is 0 Å². The standard InChI is InChI=1S/C10H23NO/c1-6-11(9(2)3)8-7-10(4,5)12/h9,12H,6-8H2,1-5H3. The molecule has 2 nitrogen and oxygen atoms in total. The van der Waals surface area contributed by atoms with E-state index in [1.165, 1.54) is 0 Å². The van der Waals surface area contributed by atoms with Crippen molar-refractivity contribution in [2.75, 3.05) is 13.1 Å². The number of hydrogen-bond acceptors (Lipinski definition) is 2. The predicted octanol–water partition coefficient (Wildman–Crippen LogP) is 1.88. The second-order valence-corrected chi connectivity index (χ2v) is 4.28. The highest BCUT2D eigenvalue weighted by atomic mass is 16.3. The first-order valence-corrected chi connectivity index (χ1v) is 4.83. The van der Waals surface area contributed by atoms with Gasteiger partial charge in [-0.15, -0.1) is 0 Å². The summed E-state index contributed by atoms with van der Waals surface area (Å²) in [6.45, 7) is 12.3. The second kappa shape index (κ2) is 4.83. The lowest BCUT2D eigenvalue weighted by Gasteiger charge is -2.28. The van der Waals surface area contributed by atoms with Gasteiger partial charge in [0.15, 0.2) is 0 Å². The summed E-state index contributed by atoms with van der Waals surface area (Å²) in [5.74, 6) is 0. The van der Waals surface area contributed by atoms with Gasteiger partial charge in [-0.25, -0.2) is 0 Å². The van der Waals surface area contributed by atoms with Gasteiger partial charge < -0.3 is 10.0 Å². The molecule has 0 spiro atoms. The van der Waals surface area contributed by atoms with Gasteiger partial charge in [0.05, 0.1) is 5.60 Å². The quantitative estimate of drug-likeness (QED) is 0.686. The molecule has 0 radical (unpaired) electrons. The fraction of sp³-hybridized carbons (Fsp3) is 1.00. The van der Waals surface area contributed by atoms with Gasteiger partial charge in [0.25, 0.3) is 0 Å². The molecule has 0 fully saturated rings. The smallest absolute Gasteiger partial charge is 0.0603 e. The van der Waals surface area contributed by atoms with Crippen molar-refractivity contribution in [3.05, 3.63) is 0 Å². The van der Waals surface area contributed by atoms with E-state index >= 15 is 0 Å². The molecule has 0 aliphatic rings. The fourth-order valence-electron chi connectivity index (χ4n) is 1.20. The van der Waals surface area contributed by atoms with Gasteiger partial charge in [0.2, 0.25) is 0 Å². The van der Waals surface area contributed by atoms with Crippen LogP contribution in [0, 0.1) is 0 Å². The average molecular weight is 173 g/mol. The minimum Gasteiger partial charge on any atom is -0.390 e. The summed E-state index contributed by atoms with van der Waals surface area (Å²) >= 11 is 0. The van der Waals surface area contributed by atoms with Crippen LogP contribution in [0.4, 0.5) is 0 Å². The molecule has 0 rings (SSSR count). The molecule has 0 aromatic rings. The van der Waals surface area contributed by atoms with Crippen molar-refractivity contribution in [1.82, 2.24) is 4.90 Å².